The van der Waals surface area contributed by atoms with Crippen LogP contribution in [0.1, 0.15) is 23.2 Å². The van der Waals surface area contributed by atoms with Crippen molar-refractivity contribution in [3.63, 3.8) is 0 Å². The first-order valence-corrected chi connectivity index (χ1v) is 4.75. The van der Waals surface area contributed by atoms with Crippen LogP contribution in [0.5, 0.6) is 0 Å². The standard InChI is InChI=1S/C11H11NO3/c1-3-14-11(13)8-4-5-10-9(6-8)12-7(2)15-10/h4-6H,3H2,1-2H3. The van der Waals surface area contributed by atoms with Crippen molar-refractivity contribution in [1.82, 2.24) is 4.98 Å². The minimum Gasteiger partial charge on any atom is -0.462 e. The summed E-state index contributed by atoms with van der Waals surface area (Å²) in [6, 6.07) is 5.07. The molecular formula is C11H11NO3. The summed E-state index contributed by atoms with van der Waals surface area (Å²) in [5.74, 6) is 0.256. The summed E-state index contributed by atoms with van der Waals surface area (Å²) >= 11 is 0. The van der Waals surface area contributed by atoms with Gasteiger partial charge in [0, 0.05) is 6.92 Å². The number of hydrogen-bond donors (Lipinski definition) is 0. The lowest BCUT2D eigenvalue weighted by Gasteiger charge is -2.00. The van der Waals surface area contributed by atoms with E-state index in [0.29, 0.717) is 29.2 Å². The summed E-state index contributed by atoms with van der Waals surface area (Å²) in [6.45, 7) is 3.91. The van der Waals surface area contributed by atoms with Crippen LogP contribution in [0.25, 0.3) is 11.1 Å². The number of oxazole rings is 1. The molecule has 2 aromatic rings. The van der Waals surface area contributed by atoms with E-state index in [-0.39, 0.29) is 5.97 Å². The molecule has 0 fully saturated rings. The highest BCUT2D eigenvalue weighted by Crippen LogP contribution is 2.17. The van der Waals surface area contributed by atoms with Gasteiger partial charge in [-0.25, -0.2) is 9.78 Å². The van der Waals surface area contributed by atoms with E-state index in [9.17, 15) is 4.79 Å². The monoisotopic (exact) mass is 205 g/mol. The maximum Gasteiger partial charge on any atom is 0.338 e. The molecule has 4 heteroatoms. The second kappa shape index (κ2) is 3.73. The van der Waals surface area contributed by atoms with Crippen molar-refractivity contribution in [1.29, 1.82) is 0 Å². The van der Waals surface area contributed by atoms with E-state index in [0.717, 1.165) is 0 Å². The lowest BCUT2D eigenvalue weighted by Crippen LogP contribution is -2.03. The summed E-state index contributed by atoms with van der Waals surface area (Å²) in [5, 5.41) is 0. The number of nitrogens with zero attached hydrogens (tertiary/aromatic N) is 1. The van der Waals surface area contributed by atoms with Gasteiger partial charge in [0.2, 0.25) is 0 Å². The number of fused-ring (bicyclic) bond motifs is 1. The van der Waals surface area contributed by atoms with E-state index >= 15 is 0 Å². The SMILES string of the molecule is CCOC(=O)c1ccc2oc(C)nc2c1. The molecule has 15 heavy (non-hydrogen) atoms. The number of carbonyl (C=O) groups is 1. The number of esters is 1. The quantitative estimate of drug-likeness (QED) is 0.706. The normalized spacial score (nSPS) is 10.5. The van der Waals surface area contributed by atoms with Crippen LogP contribution in [0.15, 0.2) is 22.6 Å². The first-order chi connectivity index (χ1) is 7.20. The smallest absolute Gasteiger partial charge is 0.338 e. The third-order valence-corrected chi connectivity index (χ3v) is 2.01. The van der Waals surface area contributed by atoms with Crippen molar-refractivity contribution in [3.8, 4) is 0 Å². The fourth-order valence-electron chi connectivity index (χ4n) is 1.38. The molecule has 4 nitrogen and oxygen atoms in total. The van der Waals surface area contributed by atoms with Gasteiger partial charge in [0.15, 0.2) is 11.5 Å². The Morgan fingerprint density at radius 2 is 2.33 bits per heavy atom. The largest absolute Gasteiger partial charge is 0.462 e. The molecule has 0 N–H and O–H groups in total. The molecule has 78 valence electrons. The predicted octanol–water partition coefficient (Wildman–Crippen LogP) is 2.31. The summed E-state index contributed by atoms with van der Waals surface area (Å²) in [6.07, 6.45) is 0. The number of hydrogen-bond acceptors (Lipinski definition) is 4. The summed E-state index contributed by atoms with van der Waals surface area (Å²) in [4.78, 5) is 15.6. The lowest BCUT2D eigenvalue weighted by atomic mass is 10.2. The van der Waals surface area contributed by atoms with E-state index in [1.807, 2.05) is 0 Å². The number of carbonyl (C=O) groups excluding carboxylic acids is 1. The van der Waals surface area contributed by atoms with E-state index in [4.69, 9.17) is 9.15 Å². The molecule has 0 unspecified atom stereocenters. The summed E-state index contributed by atoms with van der Waals surface area (Å²) in [5.41, 5.74) is 1.86. The molecule has 0 atom stereocenters. The Morgan fingerprint density at radius 3 is 3.07 bits per heavy atom. The van der Waals surface area contributed by atoms with Gasteiger partial charge >= 0.3 is 5.97 Å². The Morgan fingerprint density at radius 1 is 1.53 bits per heavy atom. The van der Waals surface area contributed by atoms with Gasteiger partial charge < -0.3 is 9.15 Å². The third-order valence-electron chi connectivity index (χ3n) is 2.01. The maximum absolute atomic E-state index is 11.4. The van der Waals surface area contributed by atoms with Crippen molar-refractivity contribution in [2.45, 2.75) is 13.8 Å². The Kier molecular flexibility index (Phi) is 2.41. The molecule has 0 aliphatic heterocycles. The first-order valence-electron chi connectivity index (χ1n) is 4.75. The molecule has 0 saturated heterocycles. The summed E-state index contributed by atoms with van der Waals surface area (Å²) < 4.78 is 10.2. The van der Waals surface area contributed by atoms with Gasteiger partial charge in [-0.2, -0.15) is 0 Å². The molecule has 0 aliphatic rings. The van der Waals surface area contributed by atoms with Crippen molar-refractivity contribution in [2.75, 3.05) is 6.61 Å². The highest BCUT2D eigenvalue weighted by Gasteiger charge is 2.09. The van der Waals surface area contributed by atoms with Crippen LogP contribution in [-0.4, -0.2) is 17.6 Å². The zero-order valence-electron chi connectivity index (χ0n) is 8.61. The van der Waals surface area contributed by atoms with E-state index in [1.54, 1.807) is 32.0 Å². The van der Waals surface area contributed by atoms with Crippen molar-refractivity contribution >= 4 is 17.1 Å². The minimum absolute atomic E-state index is 0.333. The lowest BCUT2D eigenvalue weighted by molar-refractivity contribution is 0.0526. The third kappa shape index (κ3) is 1.83. The molecule has 0 amide bonds. The predicted molar refractivity (Wildman–Crippen MR) is 54.7 cm³/mol. The molecule has 2 rings (SSSR count). The van der Waals surface area contributed by atoms with Gasteiger partial charge in [-0.1, -0.05) is 0 Å². The molecule has 0 aliphatic carbocycles. The summed E-state index contributed by atoms with van der Waals surface area (Å²) in [7, 11) is 0. The van der Waals surface area contributed by atoms with Gasteiger partial charge in [-0.05, 0) is 25.1 Å². The second-order valence-corrected chi connectivity index (χ2v) is 3.14. The number of aromatic nitrogens is 1. The molecular weight excluding hydrogens is 194 g/mol. The Bertz CT molecular complexity index is 502. The number of benzene rings is 1. The topological polar surface area (TPSA) is 52.3 Å². The zero-order chi connectivity index (χ0) is 10.8. The highest BCUT2D eigenvalue weighted by molar-refractivity contribution is 5.93. The zero-order valence-corrected chi connectivity index (χ0v) is 8.61. The van der Waals surface area contributed by atoms with Crippen LogP contribution < -0.4 is 0 Å². The molecule has 1 aromatic carbocycles. The molecule has 0 spiro atoms. The van der Waals surface area contributed by atoms with Gasteiger partial charge in [0.25, 0.3) is 0 Å². The first kappa shape index (κ1) is 9.71. The van der Waals surface area contributed by atoms with Crippen LogP contribution in [0.2, 0.25) is 0 Å². The second-order valence-electron chi connectivity index (χ2n) is 3.14. The van der Waals surface area contributed by atoms with Crippen LogP contribution >= 0.6 is 0 Å². The van der Waals surface area contributed by atoms with Gasteiger partial charge in [-0.15, -0.1) is 0 Å². The average Bonchev–Trinajstić information content (AvgIpc) is 2.57. The number of ether oxygens (including phenoxy) is 1. The highest BCUT2D eigenvalue weighted by atomic mass is 16.5. The number of rotatable bonds is 2. The van der Waals surface area contributed by atoms with E-state index < -0.39 is 0 Å². The molecule has 0 radical (unpaired) electrons. The van der Waals surface area contributed by atoms with Gasteiger partial charge in [0.1, 0.15) is 5.52 Å². The Labute approximate surface area is 86.9 Å². The average molecular weight is 205 g/mol. The maximum atomic E-state index is 11.4. The van der Waals surface area contributed by atoms with Crippen molar-refractivity contribution in [2.24, 2.45) is 0 Å². The number of aryl methyl sites for hydroxylation is 1. The van der Waals surface area contributed by atoms with Crippen molar-refractivity contribution < 1.29 is 13.9 Å². The van der Waals surface area contributed by atoms with Crippen LogP contribution in [0.3, 0.4) is 0 Å². The molecule has 0 saturated carbocycles. The fraction of sp³-hybridized carbons (Fsp3) is 0.273. The van der Waals surface area contributed by atoms with E-state index in [1.165, 1.54) is 0 Å². The van der Waals surface area contributed by atoms with Crippen LogP contribution in [-0.2, 0) is 4.74 Å². The Hall–Kier alpha value is -1.84. The van der Waals surface area contributed by atoms with Crippen molar-refractivity contribution in [3.05, 3.63) is 29.7 Å². The molecule has 1 heterocycles. The van der Waals surface area contributed by atoms with Gasteiger partial charge in [-0.3, -0.25) is 0 Å². The van der Waals surface area contributed by atoms with Crippen LogP contribution in [0.4, 0.5) is 0 Å². The fourth-order valence-corrected chi connectivity index (χ4v) is 1.38. The van der Waals surface area contributed by atoms with Gasteiger partial charge in [0.05, 0.1) is 12.2 Å². The minimum atomic E-state index is -0.333. The molecule has 0 bridgehead atoms. The van der Waals surface area contributed by atoms with E-state index in [2.05, 4.69) is 4.98 Å². The van der Waals surface area contributed by atoms with Crippen LogP contribution in [0, 0.1) is 6.92 Å². The Balaban J connectivity index is 2.41. The molecule has 1 aromatic heterocycles.